The predicted molar refractivity (Wildman–Crippen MR) is 120 cm³/mol. The Morgan fingerprint density at radius 2 is 1.94 bits per heavy atom. The second-order valence-electron chi connectivity index (χ2n) is 7.03. The molecule has 1 aliphatic heterocycles. The van der Waals surface area contributed by atoms with Crippen LogP contribution in [0.2, 0.25) is 0 Å². The number of alkyl halides is 2. The molecule has 1 aromatic heterocycles. The highest BCUT2D eigenvalue weighted by Gasteiger charge is 2.66. The number of amides is 1. The molecule has 0 aliphatic carbocycles. The first-order valence-electron chi connectivity index (χ1n) is 9.00. The van der Waals surface area contributed by atoms with E-state index in [9.17, 15) is 18.0 Å². The van der Waals surface area contributed by atoms with E-state index in [0.29, 0.717) is 11.3 Å². The quantitative estimate of drug-likeness (QED) is 0.232. The van der Waals surface area contributed by atoms with Gasteiger partial charge in [0.25, 0.3) is 15.9 Å². The predicted octanol–water partition coefficient (Wildman–Crippen LogP) is 3.42. The molecule has 1 aliphatic rings. The van der Waals surface area contributed by atoms with Crippen molar-refractivity contribution in [1.82, 2.24) is 10.1 Å². The molecule has 1 fully saturated rings. The Morgan fingerprint density at radius 3 is 2.48 bits per heavy atom. The Kier molecular flexibility index (Phi) is 6.63. The molecule has 0 radical (unpaired) electrons. The first-order valence-corrected chi connectivity index (χ1v) is 12.1. The third-order valence-electron chi connectivity index (χ3n) is 4.34. The van der Waals surface area contributed by atoms with Gasteiger partial charge in [0, 0.05) is 6.07 Å². The van der Waals surface area contributed by atoms with Crippen molar-refractivity contribution < 1.29 is 27.3 Å². The number of β-lactam (4-membered cyclic amide) rings is 1. The summed E-state index contributed by atoms with van der Waals surface area (Å²) in [5, 5.41) is 2.11. The molecule has 1 amide bonds. The molecular formula is C19H19Br2N3O6S. The fourth-order valence-electron chi connectivity index (χ4n) is 2.97. The van der Waals surface area contributed by atoms with Crippen molar-refractivity contribution in [2.45, 2.75) is 36.0 Å². The molecule has 1 saturated heterocycles. The van der Waals surface area contributed by atoms with Gasteiger partial charge in [-0.2, -0.15) is 0 Å². The number of hydrogen-bond donors (Lipinski definition) is 1. The number of anilines is 1. The van der Waals surface area contributed by atoms with Gasteiger partial charge >= 0.3 is 5.97 Å². The van der Waals surface area contributed by atoms with Gasteiger partial charge in [0.05, 0.1) is 0 Å². The molecule has 1 atom stereocenters. The van der Waals surface area contributed by atoms with Gasteiger partial charge in [0.15, 0.2) is 14.4 Å². The van der Waals surface area contributed by atoms with Gasteiger partial charge in [-0.15, -0.1) is 0 Å². The highest BCUT2D eigenvalue weighted by molar-refractivity contribution is 9.26. The van der Waals surface area contributed by atoms with Crippen molar-refractivity contribution in [1.29, 1.82) is 0 Å². The molecule has 166 valence electrons. The van der Waals surface area contributed by atoms with E-state index in [1.54, 1.807) is 45.0 Å². The van der Waals surface area contributed by atoms with Crippen LogP contribution in [0.15, 0.2) is 52.2 Å². The molecular weight excluding hydrogens is 558 g/mol. The molecule has 12 heteroatoms. The fourth-order valence-corrected chi connectivity index (χ4v) is 6.71. The number of aryl methyl sites for hydroxylation is 1. The van der Waals surface area contributed by atoms with E-state index in [4.69, 9.17) is 9.26 Å². The zero-order valence-corrected chi connectivity index (χ0v) is 20.7. The molecule has 9 nitrogen and oxygen atoms in total. The number of benzene rings is 1. The zero-order valence-electron chi connectivity index (χ0n) is 16.8. The van der Waals surface area contributed by atoms with E-state index in [-0.39, 0.29) is 18.1 Å². The summed E-state index contributed by atoms with van der Waals surface area (Å²) in [6.07, 6.45) is 0. The normalized spacial score (nSPS) is 17.6. The smallest absolute Gasteiger partial charge is 0.355 e. The van der Waals surface area contributed by atoms with Gasteiger partial charge < -0.3 is 9.26 Å². The number of sulfonamides is 1. The zero-order chi connectivity index (χ0) is 23.0. The number of nitrogens with zero attached hydrogens (tertiary/aromatic N) is 2. The third-order valence-corrected chi connectivity index (χ3v) is 8.14. The van der Waals surface area contributed by atoms with Crippen LogP contribution in [0, 0.1) is 6.92 Å². The summed E-state index contributed by atoms with van der Waals surface area (Å²) in [7, 11) is -4.24. The topological polar surface area (TPSA) is 119 Å². The number of aromatic nitrogens is 1. The van der Waals surface area contributed by atoms with Gasteiger partial charge in [-0.05, 0) is 31.9 Å². The summed E-state index contributed by atoms with van der Waals surface area (Å²) >= 11 is 6.24. The van der Waals surface area contributed by atoms with E-state index < -0.39 is 30.5 Å². The second-order valence-corrected chi connectivity index (χ2v) is 12.3. The molecule has 0 spiro atoms. The van der Waals surface area contributed by atoms with Crippen molar-refractivity contribution >= 4 is 59.6 Å². The average Bonchev–Trinajstić information content (AvgIpc) is 3.09. The molecule has 1 aromatic carbocycles. The summed E-state index contributed by atoms with van der Waals surface area (Å²) in [4.78, 5) is 26.5. The van der Waals surface area contributed by atoms with Crippen LogP contribution in [0.1, 0.15) is 25.2 Å². The average molecular weight is 577 g/mol. The Balaban J connectivity index is 1.88. The van der Waals surface area contributed by atoms with Crippen LogP contribution in [0.25, 0.3) is 0 Å². The summed E-state index contributed by atoms with van der Waals surface area (Å²) in [5.41, 5.74) is 1.02. The minimum atomic E-state index is -4.24. The van der Waals surface area contributed by atoms with Gasteiger partial charge in [0.1, 0.15) is 18.1 Å². The summed E-state index contributed by atoms with van der Waals surface area (Å²) in [5.74, 6) is -1.12. The summed E-state index contributed by atoms with van der Waals surface area (Å²) in [6.45, 7) is 4.76. The lowest BCUT2D eigenvalue weighted by atomic mass is 10.1. The maximum atomic E-state index is 13.1. The number of nitrogens with one attached hydrogen (secondary N) is 1. The van der Waals surface area contributed by atoms with Gasteiger partial charge in [-0.3, -0.25) is 14.4 Å². The van der Waals surface area contributed by atoms with Crippen LogP contribution in [0.3, 0.4) is 0 Å². The third kappa shape index (κ3) is 4.70. The van der Waals surface area contributed by atoms with Crippen molar-refractivity contribution in [3.63, 3.8) is 0 Å². The summed E-state index contributed by atoms with van der Waals surface area (Å²) < 4.78 is 37.0. The Morgan fingerprint density at radius 1 is 1.29 bits per heavy atom. The maximum Gasteiger partial charge on any atom is 0.355 e. The Bertz CT molecular complexity index is 1140. The largest absolute Gasteiger partial charge is 0.456 e. The number of carbonyl (C=O) groups is 2. The van der Waals surface area contributed by atoms with Crippen LogP contribution in [-0.2, 0) is 31.0 Å². The first kappa shape index (κ1) is 23.5. The van der Waals surface area contributed by atoms with E-state index in [0.717, 1.165) is 10.5 Å². The van der Waals surface area contributed by atoms with Crippen LogP contribution in [0.5, 0.6) is 0 Å². The Labute approximate surface area is 196 Å². The van der Waals surface area contributed by atoms with E-state index in [1.807, 2.05) is 6.07 Å². The first-order chi connectivity index (χ1) is 14.4. The van der Waals surface area contributed by atoms with Crippen LogP contribution < -0.4 is 4.72 Å². The standard InChI is InChI=1S/C19H19Br2N3O6S/c1-11(2)15(16(25)29-10-13-7-5-4-6-8-13)24-17(26)19(20,21)18(24)31(27,28)23-14-9-12(3)30-22-14/h4-9,18H,10H2,1-3H3,(H,22,23). The van der Waals surface area contributed by atoms with Crippen LogP contribution in [0.4, 0.5) is 5.82 Å². The molecule has 3 rings (SSSR count). The maximum absolute atomic E-state index is 13.1. The SMILES string of the molecule is CC(C)=C(C(=O)OCc1ccccc1)N1C(=O)C(Br)(Br)C1S(=O)(=O)Nc1cc(C)on1. The number of esters is 1. The number of ether oxygens (including phenoxy) is 1. The number of allylic oxidation sites excluding steroid dienone is 1. The lowest BCUT2D eigenvalue weighted by molar-refractivity contribution is -0.150. The second kappa shape index (κ2) is 8.75. The number of likely N-dealkylation sites (tertiary alicyclic amines) is 1. The molecule has 0 bridgehead atoms. The number of hydrogen-bond acceptors (Lipinski definition) is 7. The van der Waals surface area contributed by atoms with Crippen LogP contribution >= 0.6 is 31.9 Å². The monoisotopic (exact) mass is 575 g/mol. The minimum Gasteiger partial charge on any atom is -0.456 e. The Hall–Kier alpha value is -2.18. The number of rotatable bonds is 7. The molecule has 1 N–H and O–H groups in total. The van der Waals surface area contributed by atoms with E-state index >= 15 is 0 Å². The van der Waals surface area contributed by atoms with E-state index in [2.05, 4.69) is 41.7 Å². The number of halogens is 2. The lowest BCUT2D eigenvalue weighted by Crippen LogP contribution is -2.71. The van der Waals surface area contributed by atoms with Crippen molar-refractivity contribution in [3.05, 3.63) is 59.0 Å². The van der Waals surface area contributed by atoms with E-state index in [1.165, 1.54) is 6.07 Å². The highest BCUT2D eigenvalue weighted by Crippen LogP contribution is 2.49. The van der Waals surface area contributed by atoms with Crippen LogP contribution in [-0.4, -0.2) is 39.0 Å². The number of carbonyl (C=O) groups excluding carboxylic acids is 2. The molecule has 0 saturated carbocycles. The highest BCUT2D eigenvalue weighted by atomic mass is 79.9. The van der Waals surface area contributed by atoms with Gasteiger partial charge in [-0.25, -0.2) is 13.2 Å². The molecule has 2 heterocycles. The van der Waals surface area contributed by atoms with Crippen molar-refractivity contribution in [3.8, 4) is 0 Å². The van der Waals surface area contributed by atoms with Crippen molar-refractivity contribution in [2.24, 2.45) is 0 Å². The van der Waals surface area contributed by atoms with Gasteiger partial charge in [0.2, 0.25) is 0 Å². The summed E-state index contributed by atoms with van der Waals surface area (Å²) in [6, 6.07) is 10.4. The van der Waals surface area contributed by atoms with Crippen molar-refractivity contribution in [2.75, 3.05) is 4.72 Å². The minimum absolute atomic E-state index is 0.0276. The molecule has 31 heavy (non-hydrogen) atoms. The fraction of sp³-hybridized carbons (Fsp3) is 0.316. The molecule has 1 unspecified atom stereocenters. The van der Waals surface area contributed by atoms with Gasteiger partial charge in [-0.1, -0.05) is 67.3 Å². The lowest BCUT2D eigenvalue weighted by Gasteiger charge is -2.48. The molecule has 2 aromatic rings.